The molecule has 0 radical (unpaired) electrons. The van der Waals surface area contributed by atoms with Crippen LogP contribution in [0.3, 0.4) is 0 Å². The monoisotopic (exact) mass is 395 g/mol. The highest BCUT2D eigenvalue weighted by Crippen LogP contribution is 2.28. The zero-order chi connectivity index (χ0) is 19.1. The summed E-state index contributed by atoms with van der Waals surface area (Å²) >= 11 is 11.8. The molecule has 0 aliphatic heterocycles. The average molecular weight is 396 g/mol. The molecule has 26 heavy (non-hydrogen) atoms. The Kier molecular flexibility index (Phi) is 7.30. The minimum atomic E-state index is -0.877. The van der Waals surface area contributed by atoms with Crippen molar-refractivity contribution in [1.82, 2.24) is 0 Å². The van der Waals surface area contributed by atoms with Crippen molar-refractivity contribution in [1.29, 1.82) is 0 Å². The van der Waals surface area contributed by atoms with Crippen molar-refractivity contribution in [2.45, 2.75) is 26.2 Å². The standard InChI is InChI=1S/C19H19Cl2NO4/c1-2-9-26-17-7-3-12(4-8-18(23)24)10-16(17)22-19(25)13-5-6-14(20)15(21)11-13/h3,5-7,10-11H,2,4,8-9H2,1H3,(H,22,25)(H,23,24). The smallest absolute Gasteiger partial charge is 0.303 e. The van der Waals surface area contributed by atoms with E-state index in [-0.39, 0.29) is 17.4 Å². The third-order valence-electron chi connectivity index (χ3n) is 3.56. The van der Waals surface area contributed by atoms with Gasteiger partial charge in [0.2, 0.25) is 0 Å². The number of nitrogens with one attached hydrogen (secondary N) is 1. The topological polar surface area (TPSA) is 75.6 Å². The van der Waals surface area contributed by atoms with Gasteiger partial charge in [-0.3, -0.25) is 9.59 Å². The van der Waals surface area contributed by atoms with E-state index in [0.717, 1.165) is 12.0 Å². The molecule has 1 amide bonds. The molecule has 0 aliphatic rings. The van der Waals surface area contributed by atoms with Crippen LogP contribution in [0.1, 0.15) is 35.7 Å². The van der Waals surface area contributed by atoms with Crippen LogP contribution in [-0.4, -0.2) is 23.6 Å². The molecule has 0 spiro atoms. The van der Waals surface area contributed by atoms with Gasteiger partial charge in [-0.25, -0.2) is 0 Å². The lowest BCUT2D eigenvalue weighted by Crippen LogP contribution is -2.13. The lowest BCUT2D eigenvalue weighted by Gasteiger charge is -2.14. The van der Waals surface area contributed by atoms with Gasteiger partial charge in [-0.15, -0.1) is 0 Å². The van der Waals surface area contributed by atoms with Crippen LogP contribution in [0, 0.1) is 0 Å². The molecule has 0 saturated carbocycles. The Labute approximate surface area is 161 Å². The molecular formula is C19H19Cl2NO4. The summed E-state index contributed by atoms with van der Waals surface area (Å²) in [6.45, 7) is 2.49. The first-order valence-electron chi connectivity index (χ1n) is 8.14. The molecule has 2 rings (SSSR count). The molecule has 0 aliphatic carbocycles. The predicted octanol–water partition coefficient (Wildman–Crippen LogP) is 5.05. The van der Waals surface area contributed by atoms with E-state index < -0.39 is 5.97 Å². The maximum atomic E-state index is 12.5. The Balaban J connectivity index is 2.24. The number of carboxylic acid groups (broad SMARTS) is 1. The lowest BCUT2D eigenvalue weighted by molar-refractivity contribution is -0.136. The molecule has 2 N–H and O–H groups in total. The number of anilines is 1. The van der Waals surface area contributed by atoms with Gasteiger partial charge in [0.1, 0.15) is 5.75 Å². The number of rotatable bonds is 8. The van der Waals surface area contributed by atoms with Crippen LogP contribution in [0.4, 0.5) is 5.69 Å². The Morgan fingerprint density at radius 3 is 2.54 bits per heavy atom. The Bertz CT molecular complexity index is 808. The fraction of sp³-hybridized carbons (Fsp3) is 0.263. The van der Waals surface area contributed by atoms with E-state index >= 15 is 0 Å². The van der Waals surface area contributed by atoms with E-state index in [1.54, 1.807) is 30.3 Å². The number of amides is 1. The number of carboxylic acids is 1. The van der Waals surface area contributed by atoms with Gasteiger partial charge in [-0.1, -0.05) is 36.2 Å². The van der Waals surface area contributed by atoms with Crippen molar-refractivity contribution in [2.75, 3.05) is 11.9 Å². The van der Waals surface area contributed by atoms with Crippen LogP contribution < -0.4 is 10.1 Å². The SMILES string of the molecule is CCCOc1ccc(CCC(=O)O)cc1NC(=O)c1ccc(Cl)c(Cl)c1. The van der Waals surface area contributed by atoms with Crippen molar-refractivity contribution in [3.63, 3.8) is 0 Å². The van der Waals surface area contributed by atoms with E-state index in [4.69, 9.17) is 33.0 Å². The summed E-state index contributed by atoms with van der Waals surface area (Å²) in [5.41, 5.74) is 1.63. The summed E-state index contributed by atoms with van der Waals surface area (Å²) in [6.07, 6.45) is 1.19. The molecule has 0 bridgehead atoms. The second-order valence-electron chi connectivity index (χ2n) is 5.66. The van der Waals surface area contributed by atoms with E-state index in [0.29, 0.717) is 35.1 Å². The van der Waals surface area contributed by atoms with E-state index in [2.05, 4.69) is 5.32 Å². The third kappa shape index (κ3) is 5.64. The number of halogens is 2. The van der Waals surface area contributed by atoms with E-state index in [9.17, 15) is 9.59 Å². The van der Waals surface area contributed by atoms with E-state index in [1.165, 1.54) is 6.07 Å². The highest BCUT2D eigenvalue weighted by molar-refractivity contribution is 6.42. The average Bonchev–Trinajstić information content (AvgIpc) is 2.61. The van der Waals surface area contributed by atoms with Crippen LogP contribution in [0.2, 0.25) is 10.0 Å². The minimum absolute atomic E-state index is 0.00927. The van der Waals surface area contributed by atoms with Crippen LogP contribution in [0.25, 0.3) is 0 Å². The van der Waals surface area contributed by atoms with Crippen molar-refractivity contribution in [2.24, 2.45) is 0 Å². The number of benzene rings is 2. The number of aryl methyl sites for hydroxylation is 1. The van der Waals surface area contributed by atoms with Gasteiger partial charge in [-0.2, -0.15) is 0 Å². The third-order valence-corrected chi connectivity index (χ3v) is 4.30. The number of hydrogen-bond donors (Lipinski definition) is 2. The summed E-state index contributed by atoms with van der Waals surface area (Å²) in [5, 5.41) is 12.3. The second kappa shape index (κ2) is 9.46. The number of carbonyl (C=O) groups is 2. The second-order valence-corrected chi connectivity index (χ2v) is 6.47. The molecule has 0 atom stereocenters. The van der Waals surface area contributed by atoms with Gasteiger partial charge >= 0.3 is 5.97 Å². The first-order valence-corrected chi connectivity index (χ1v) is 8.90. The molecular weight excluding hydrogens is 377 g/mol. The van der Waals surface area contributed by atoms with Crippen LogP contribution in [0.5, 0.6) is 5.75 Å². The fourth-order valence-electron chi connectivity index (χ4n) is 2.25. The molecule has 5 nitrogen and oxygen atoms in total. The lowest BCUT2D eigenvalue weighted by atomic mass is 10.1. The molecule has 0 saturated heterocycles. The fourth-order valence-corrected chi connectivity index (χ4v) is 2.55. The Morgan fingerprint density at radius 1 is 1.12 bits per heavy atom. The molecule has 7 heteroatoms. The largest absolute Gasteiger partial charge is 0.491 e. The molecule has 138 valence electrons. The van der Waals surface area contributed by atoms with Gasteiger partial charge in [-0.05, 0) is 48.7 Å². The normalized spacial score (nSPS) is 10.4. The number of hydrogen-bond acceptors (Lipinski definition) is 3. The number of carbonyl (C=O) groups excluding carboxylic acids is 1. The van der Waals surface area contributed by atoms with Crippen LogP contribution >= 0.6 is 23.2 Å². The first-order chi connectivity index (χ1) is 12.4. The zero-order valence-electron chi connectivity index (χ0n) is 14.2. The summed E-state index contributed by atoms with van der Waals surface area (Å²) in [5.74, 6) is -0.711. The molecule has 2 aromatic rings. The highest BCUT2D eigenvalue weighted by atomic mass is 35.5. The van der Waals surface area contributed by atoms with Crippen LogP contribution in [0.15, 0.2) is 36.4 Å². The predicted molar refractivity (Wildman–Crippen MR) is 103 cm³/mol. The quantitative estimate of drug-likeness (QED) is 0.655. The van der Waals surface area contributed by atoms with Gasteiger partial charge in [0.15, 0.2) is 0 Å². The number of aliphatic carboxylic acids is 1. The maximum Gasteiger partial charge on any atom is 0.303 e. The summed E-state index contributed by atoms with van der Waals surface area (Å²) < 4.78 is 5.67. The van der Waals surface area contributed by atoms with Crippen molar-refractivity contribution >= 4 is 40.8 Å². The Morgan fingerprint density at radius 2 is 1.88 bits per heavy atom. The number of ether oxygens (including phenoxy) is 1. The van der Waals surface area contributed by atoms with Crippen molar-refractivity contribution in [3.8, 4) is 5.75 Å². The van der Waals surface area contributed by atoms with Gasteiger partial charge < -0.3 is 15.2 Å². The Hall–Kier alpha value is -2.24. The van der Waals surface area contributed by atoms with E-state index in [1.807, 2.05) is 6.92 Å². The summed E-state index contributed by atoms with van der Waals surface area (Å²) in [7, 11) is 0. The first kappa shape index (κ1) is 20.1. The van der Waals surface area contributed by atoms with Gasteiger partial charge in [0, 0.05) is 12.0 Å². The summed E-state index contributed by atoms with van der Waals surface area (Å²) in [6, 6.07) is 9.87. The summed E-state index contributed by atoms with van der Waals surface area (Å²) in [4.78, 5) is 23.3. The highest BCUT2D eigenvalue weighted by Gasteiger charge is 2.13. The molecule has 0 fully saturated rings. The van der Waals surface area contributed by atoms with Crippen molar-refractivity contribution in [3.05, 3.63) is 57.6 Å². The van der Waals surface area contributed by atoms with Gasteiger partial charge in [0.25, 0.3) is 5.91 Å². The van der Waals surface area contributed by atoms with Crippen LogP contribution in [-0.2, 0) is 11.2 Å². The maximum absolute atomic E-state index is 12.5. The molecule has 2 aromatic carbocycles. The minimum Gasteiger partial charge on any atom is -0.491 e. The molecule has 0 aromatic heterocycles. The van der Waals surface area contributed by atoms with Crippen molar-refractivity contribution < 1.29 is 19.4 Å². The zero-order valence-corrected chi connectivity index (χ0v) is 15.7. The molecule has 0 heterocycles. The molecule has 0 unspecified atom stereocenters. The van der Waals surface area contributed by atoms with Gasteiger partial charge in [0.05, 0.1) is 22.3 Å².